The highest BCUT2D eigenvalue weighted by Crippen LogP contribution is 2.46. The van der Waals surface area contributed by atoms with Gasteiger partial charge in [0.05, 0.1) is 17.9 Å². The lowest BCUT2D eigenvalue weighted by Crippen LogP contribution is -2.27. The van der Waals surface area contributed by atoms with Crippen molar-refractivity contribution in [2.45, 2.75) is 18.9 Å². The average molecular weight is 474 g/mol. The van der Waals surface area contributed by atoms with E-state index in [1.54, 1.807) is 35.9 Å². The van der Waals surface area contributed by atoms with Crippen LogP contribution < -0.4 is 14.4 Å². The second kappa shape index (κ2) is 9.43. The summed E-state index contributed by atoms with van der Waals surface area (Å²) in [6.07, 6.45) is 0. The van der Waals surface area contributed by atoms with Crippen LogP contribution in [0.1, 0.15) is 22.1 Å². The van der Waals surface area contributed by atoms with E-state index in [1.165, 1.54) is 5.56 Å². The van der Waals surface area contributed by atoms with Gasteiger partial charge in [-0.25, -0.2) is 0 Å². The largest absolute Gasteiger partial charge is 0.493 e. The first-order valence-corrected chi connectivity index (χ1v) is 11.5. The average Bonchev–Trinajstić information content (AvgIpc) is 3.15. The fourth-order valence-electron chi connectivity index (χ4n) is 3.41. The number of hydrogen-bond donors (Lipinski definition) is 0. The van der Waals surface area contributed by atoms with Gasteiger partial charge >= 0.3 is 0 Å². The highest BCUT2D eigenvalue weighted by atomic mass is 35.5. The van der Waals surface area contributed by atoms with Gasteiger partial charge < -0.3 is 9.47 Å². The van der Waals surface area contributed by atoms with E-state index >= 15 is 0 Å². The molecule has 3 aromatic carbocycles. The topological polar surface area (TPSA) is 38.8 Å². The third-order valence-corrected chi connectivity index (χ3v) is 6.76. The summed E-state index contributed by atoms with van der Waals surface area (Å²) in [5, 5.41) is 0.850. The molecule has 1 amide bonds. The van der Waals surface area contributed by atoms with Crippen LogP contribution in [0.2, 0.25) is 10.0 Å². The molecule has 1 aliphatic rings. The number of carbonyl (C=O) groups is 1. The second-order valence-corrected chi connectivity index (χ2v) is 9.12. The van der Waals surface area contributed by atoms with Gasteiger partial charge in [0.15, 0.2) is 11.5 Å². The van der Waals surface area contributed by atoms with Crippen molar-refractivity contribution in [1.29, 1.82) is 0 Å². The molecule has 4 rings (SSSR count). The first kappa shape index (κ1) is 21.9. The Bertz CT molecular complexity index is 1090. The van der Waals surface area contributed by atoms with Crippen LogP contribution in [0.3, 0.4) is 0 Å². The number of anilines is 1. The molecule has 4 nitrogen and oxygen atoms in total. The third kappa shape index (κ3) is 4.79. The molecule has 1 saturated heterocycles. The number of hydrogen-bond acceptors (Lipinski definition) is 4. The Hall–Kier alpha value is -2.34. The van der Waals surface area contributed by atoms with Gasteiger partial charge in [-0.2, -0.15) is 0 Å². The highest BCUT2D eigenvalue weighted by Gasteiger charge is 2.35. The van der Waals surface area contributed by atoms with Crippen molar-refractivity contribution in [3.63, 3.8) is 0 Å². The number of amides is 1. The van der Waals surface area contributed by atoms with E-state index in [0.717, 1.165) is 16.8 Å². The molecule has 0 N–H and O–H groups in total. The van der Waals surface area contributed by atoms with Crippen molar-refractivity contribution in [3.8, 4) is 11.5 Å². The molecule has 1 heterocycles. The van der Waals surface area contributed by atoms with Gasteiger partial charge in [-0.1, -0.05) is 53.0 Å². The maximum atomic E-state index is 12.6. The van der Waals surface area contributed by atoms with Crippen LogP contribution in [-0.4, -0.2) is 18.8 Å². The molecule has 3 aromatic rings. The summed E-state index contributed by atoms with van der Waals surface area (Å²) in [5.74, 6) is 1.44. The number of aryl methyl sites for hydroxylation is 1. The molecule has 0 saturated carbocycles. The quantitative estimate of drug-likeness (QED) is 0.400. The van der Waals surface area contributed by atoms with Crippen LogP contribution >= 0.6 is 35.0 Å². The molecule has 1 aliphatic heterocycles. The maximum Gasteiger partial charge on any atom is 0.238 e. The molecule has 31 heavy (non-hydrogen) atoms. The Morgan fingerprint density at radius 3 is 2.45 bits per heavy atom. The van der Waals surface area contributed by atoms with Crippen LogP contribution in [0.25, 0.3) is 0 Å². The lowest BCUT2D eigenvalue weighted by atomic mass is 10.1. The van der Waals surface area contributed by atoms with E-state index in [1.807, 2.05) is 55.5 Å². The van der Waals surface area contributed by atoms with E-state index in [-0.39, 0.29) is 11.3 Å². The highest BCUT2D eigenvalue weighted by molar-refractivity contribution is 8.00. The molecular weight excluding hydrogens is 453 g/mol. The predicted molar refractivity (Wildman–Crippen MR) is 128 cm³/mol. The van der Waals surface area contributed by atoms with Gasteiger partial charge in [0, 0.05) is 10.7 Å². The number of carbonyl (C=O) groups excluding carboxylic acids is 1. The second-order valence-electron chi connectivity index (χ2n) is 7.21. The van der Waals surface area contributed by atoms with Gasteiger partial charge in [0.2, 0.25) is 5.91 Å². The van der Waals surface area contributed by atoms with Crippen molar-refractivity contribution >= 4 is 46.6 Å². The number of thioether (sulfide) groups is 1. The van der Waals surface area contributed by atoms with E-state index in [2.05, 4.69) is 0 Å². The number of nitrogens with zero attached hydrogens (tertiary/aromatic N) is 1. The minimum Gasteiger partial charge on any atom is -0.493 e. The Labute approximate surface area is 196 Å². The summed E-state index contributed by atoms with van der Waals surface area (Å²) in [4.78, 5) is 14.4. The van der Waals surface area contributed by atoms with Crippen molar-refractivity contribution in [2.24, 2.45) is 0 Å². The number of ether oxygens (including phenoxy) is 2. The predicted octanol–water partition coefficient (Wildman–Crippen LogP) is 6.67. The Kier molecular flexibility index (Phi) is 6.65. The molecule has 0 radical (unpaired) electrons. The molecule has 7 heteroatoms. The smallest absolute Gasteiger partial charge is 0.238 e. The van der Waals surface area contributed by atoms with Crippen molar-refractivity contribution < 1.29 is 14.3 Å². The lowest BCUT2D eigenvalue weighted by Gasteiger charge is -2.25. The summed E-state index contributed by atoms with van der Waals surface area (Å²) in [7, 11) is 1.58. The Morgan fingerprint density at radius 2 is 1.77 bits per heavy atom. The standard InChI is InChI=1S/C24H21Cl2NO3S/c1-15-3-5-16(6-4-15)13-30-23-20(26)11-17(12-21(23)29-2)24-27(22(28)14-31-24)19-9-7-18(25)8-10-19/h3-12,24H,13-14H2,1-2H3/t24-/m1/s1. The zero-order valence-corrected chi connectivity index (χ0v) is 19.4. The molecule has 0 aliphatic carbocycles. The van der Waals surface area contributed by atoms with Gasteiger partial charge in [0.1, 0.15) is 12.0 Å². The van der Waals surface area contributed by atoms with Crippen molar-refractivity contribution in [2.75, 3.05) is 17.8 Å². The minimum atomic E-state index is -0.216. The molecule has 0 bridgehead atoms. The van der Waals surface area contributed by atoms with Crippen LogP contribution in [0, 0.1) is 6.92 Å². The molecule has 0 spiro atoms. The zero-order chi connectivity index (χ0) is 22.0. The van der Waals surface area contributed by atoms with Gasteiger partial charge in [0.25, 0.3) is 0 Å². The van der Waals surface area contributed by atoms with Crippen LogP contribution in [-0.2, 0) is 11.4 Å². The van der Waals surface area contributed by atoms with E-state index < -0.39 is 0 Å². The number of benzene rings is 3. The van der Waals surface area contributed by atoms with Gasteiger partial charge in [-0.3, -0.25) is 9.69 Å². The normalized spacial score (nSPS) is 15.9. The molecule has 160 valence electrons. The Balaban J connectivity index is 1.61. The van der Waals surface area contributed by atoms with Crippen molar-refractivity contribution in [1.82, 2.24) is 0 Å². The van der Waals surface area contributed by atoms with Crippen molar-refractivity contribution in [3.05, 3.63) is 87.4 Å². The summed E-state index contributed by atoms with van der Waals surface area (Å²) in [6, 6.07) is 19.1. The zero-order valence-electron chi connectivity index (χ0n) is 17.1. The number of rotatable bonds is 6. The maximum absolute atomic E-state index is 12.6. The molecular formula is C24H21Cl2NO3S. The molecule has 0 unspecified atom stereocenters. The van der Waals surface area contributed by atoms with E-state index in [4.69, 9.17) is 32.7 Å². The van der Waals surface area contributed by atoms with Crippen LogP contribution in [0.5, 0.6) is 11.5 Å². The first-order chi connectivity index (χ1) is 15.0. The summed E-state index contributed by atoms with van der Waals surface area (Å²) < 4.78 is 11.6. The van der Waals surface area contributed by atoms with Crippen LogP contribution in [0.4, 0.5) is 5.69 Å². The third-order valence-electron chi connectivity index (χ3n) is 5.01. The SMILES string of the molecule is COc1cc([C@H]2SCC(=O)N2c2ccc(Cl)cc2)cc(Cl)c1OCc1ccc(C)cc1. The lowest BCUT2D eigenvalue weighted by molar-refractivity contribution is -0.115. The fraction of sp³-hybridized carbons (Fsp3) is 0.208. The Morgan fingerprint density at radius 1 is 1.06 bits per heavy atom. The van der Waals surface area contributed by atoms with E-state index in [9.17, 15) is 4.79 Å². The summed E-state index contributed by atoms with van der Waals surface area (Å²) in [6.45, 7) is 2.42. The molecule has 1 atom stereocenters. The summed E-state index contributed by atoms with van der Waals surface area (Å²) in [5.41, 5.74) is 3.89. The number of halogens is 2. The van der Waals surface area contributed by atoms with E-state index in [0.29, 0.717) is 33.9 Å². The molecule has 1 fully saturated rings. The monoisotopic (exact) mass is 473 g/mol. The first-order valence-electron chi connectivity index (χ1n) is 9.71. The minimum absolute atomic E-state index is 0.0344. The van der Waals surface area contributed by atoms with Gasteiger partial charge in [-0.15, -0.1) is 11.8 Å². The molecule has 0 aromatic heterocycles. The van der Waals surface area contributed by atoms with Gasteiger partial charge in [-0.05, 0) is 54.4 Å². The fourth-order valence-corrected chi connectivity index (χ4v) is 4.97. The number of methoxy groups -OCH3 is 1. The van der Waals surface area contributed by atoms with Crippen LogP contribution in [0.15, 0.2) is 60.7 Å². The summed E-state index contributed by atoms with van der Waals surface area (Å²) >= 11 is 14.2.